The SMILES string of the molecule is CC(C)c1ccc(S(=O)(=O)N2CCN(C(=O)Cc3ccc4c(c3)CCO4)CC2)cc1. The first-order valence-electron chi connectivity index (χ1n) is 10.5. The lowest BCUT2D eigenvalue weighted by Crippen LogP contribution is -2.50. The van der Waals surface area contributed by atoms with Crippen LogP contribution in [-0.2, 0) is 27.7 Å². The molecule has 0 radical (unpaired) electrons. The van der Waals surface area contributed by atoms with E-state index in [0.717, 1.165) is 28.9 Å². The van der Waals surface area contributed by atoms with Crippen LogP contribution in [0.25, 0.3) is 0 Å². The Hall–Kier alpha value is -2.38. The highest BCUT2D eigenvalue weighted by atomic mass is 32.2. The van der Waals surface area contributed by atoms with Crippen molar-refractivity contribution in [2.45, 2.75) is 37.5 Å². The molecule has 0 saturated carbocycles. The van der Waals surface area contributed by atoms with Gasteiger partial charge in [0.25, 0.3) is 0 Å². The molecule has 0 unspecified atom stereocenters. The van der Waals surface area contributed by atoms with E-state index in [9.17, 15) is 13.2 Å². The lowest BCUT2D eigenvalue weighted by molar-refractivity contribution is -0.131. The molecule has 0 atom stereocenters. The van der Waals surface area contributed by atoms with Crippen molar-refractivity contribution in [3.05, 3.63) is 59.2 Å². The van der Waals surface area contributed by atoms with Gasteiger partial charge in [0.2, 0.25) is 15.9 Å². The molecule has 1 fully saturated rings. The number of amides is 1. The maximum absolute atomic E-state index is 13.0. The van der Waals surface area contributed by atoms with Gasteiger partial charge in [-0.3, -0.25) is 4.79 Å². The number of sulfonamides is 1. The Labute approximate surface area is 178 Å². The summed E-state index contributed by atoms with van der Waals surface area (Å²) in [5.74, 6) is 1.30. The van der Waals surface area contributed by atoms with Crippen molar-refractivity contribution in [1.82, 2.24) is 9.21 Å². The second-order valence-corrected chi connectivity index (χ2v) is 10.2. The number of carbonyl (C=O) groups excluding carboxylic acids is 1. The Morgan fingerprint density at radius 1 is 1.03 bits per heavy atom. The summed E-state index contributed by atoms with van der Waals surface area (Å²) >= 11 is 0. The Morgan fingerprint density at radius 2 is 1.73 bits per heavy atom. The van der Waals surface area contributed by atoms with Crippen molar-refractivity contribution in [2.24, 2.45) is 0 Å². The minimum Gasteiger partial charge on any atom is -0.493 e. The molecule has 30 heavy (non-hydrogen) atoms. The van der Waals surface area contributed by atoms with Gasteiger partial charge in [0.1, 0.15) is 5.75 Å². The topological polar surface area (TPSA) is 66.9 Å². The van der Waals surface area contributed by atoms with Gasteiger partial charge in [-0.2, -0.15) is 4.31 Å². The zero-order valence-electron chi connectivity index (χ0n) is 17.5. The first kappa shape index (κ1) is 20.9. The van der Waals surface area contributed by atoms with Crippen LogP contribution in [-0.4, -0.2) is 56.3 Å². The number of piperazine rings is 1. The summed E-state index contributed by atoms with van der Waals surface area (Å²) in [6.45, 7) is 6.32. The number of nitrogens with zero attached hydrogens (tertiary/aromatic N) is 2. The summed E-state index contributed by atoms with van der Waals surface area (Å²) in [6, 6.07) is 13.0. The predicted molar refractivity (Wildman–Crippen MR) is 115 cm³/mol. The third kappa shape index (κ3) is 4.23. The fourth-order valence-electron chi connectivity index (χ4n) is 3.99. The average molecular weight is 429 g/mol. The van der Waals surface area contributed by atoms with Crippen LogP contribution in [0.2, 0.25) is 0 Å². The molecular formula is C23H28N2O4S. The smallest absolute Gasteiger partial charge is 0.243 e. The van der Waals surface area contributed by atoms with Crippen molar-refractivity contribution < 1.29 is 17.9 Å². The summed E-state index contributed by atoms with van der Waals surface area (Å²) in [7, 11) is -3.54. The van der Waals surface area contributed by atoms with Gasteiger partial charge in [0.05, 0.1) is 17.9 Å². The first-order valence-corrected chi connectivity index (χ1v) is 11.9. The lowest BCUT2D eigenvalue weighted by atomic mass is 10.0. The summed E-state index contributed by atoms with van der Waals surface area (Å²) in [5.41, 5.74) is 3.24. The Bertz CT molecular complexity index is 1020. The molecule has 1 saturated heterocycles. The molecule has 1 amide bonds. The molecule has 4 rings (SSSR count). The van der Waals surface area contributed by atoms with Crippen molar-refractivity contribution in [1.29, 1.82) is 0 Å². The third-order valence-corrected chi connectivity index (χ3v) is 7.80. The normalized spacial score (nSPS) is 17.1. The zero-order chi connectivity index (χ0) is 21.3. The molecule has 160 valence electrons. The van der Waals surface area contributed by atoms with Crippen LogP contribution in [0, 0.1) is 0 Å². The highest BCUT2D eigenvalue weighted by Crippen LogP contribution is 2.26. The summed E-state index contributed by atoms with van der Waals surface area (Å²) < 4.78 is 32.9. The number of ether oxygens (including phenoxy) is 1. The molecule has 2 aliphatic rings. The van der Waals surface area contributed by atoms with Crippen LogP contribution in [0.3, 0.4) is 0 Å². The van der Waals surface area contributed by atoms with E-state index in [4.69, 9.17) is 4.74 Å². The lowest BCUT2D eigenvalue weighted by Gasteiger charge is -2.34. The highest BCUT2D eigenvalue weighted by Gasteiger charge is 2.30. The molecule has 0 N–H and O–H groups in total. The predicted octanol–water partition coefficient (Wildman–Crippen LogP) is 2.82. The molecule has 2 heterocycles. The largest absolute Gasteiger partial charge is 0.493 e. The maximum atomic E-state index is 13.0. The van der Waals surface area contributed by atoms with E-state index >= 15 is 0 Å². The van der Waals surface area contributed by atoms with Gasteiger partial charge in [-0.1, -0.05) is 38.1 Å². The Kier molecular flexibility index (Phi) is 5.84. The van der Waals surface area contributed by atoms with Gasteiger partial charge in [0.15, 0.2) is 0 Å². The Balaban J connectivity index is 1.36. The van der Waals surface area contributed by atoms with Crippen molar-refractivity contribution in [3.63, 3.8) is 0 Å². The van der Waals surface area contributed by atoms with Crippen LogP contribution < -0.4 is 4.74 Å². The molecule has 0 spiro atoms. The van der Waals surface area contributed by atoms with Crippen LogP contribution >= 0.6 is 0 Å². The van der Waals surface area contributed by atoms with E-state index in [1.807, 2.05) is 30.3 Å². The van der Waals surface area contributed by atoms with Crippen LogP contribution in [0.15, 0.2) is 47.4 Å². The van der Waals surface area contributed by atoms with Crippen molar-refractivity contribution >= 4 is 15.9 Å². The first-order chi connectivity index (χ1) is 14.3. The monoisotopic (exact) mass is 428 g/mol. The van der Waals surface area contributed by atoms with Crippen LogP contribution in [0.5, 0.6) is 5.75 Å². The van der Waals surface area contributed by atoms with E-state index in [2.05, 4.69) is 13.8 Å². The number of carbonyl (C=O) groups is 1. The summed E-state index contributed by atoms with van der Waals surface area (Å²) in [4.78, 5) is 14.8. The van der Waals surface area contributed by atoms with E-state index in [0.29, 0.717) is 50.0 Å². The van der Waals surface area contributed by atoms with Gasteiger partial charge < -0.3 is 9.64 Å². The van der Waals surface area contributed by atoms with E-state index in [-0.39, 0.29) is 5.91 Å². The molecule has 0 aromatic heterocycles. The molecular weight excluding hydrogens is 400 g/mol. The van der Waals surface area contributed by atoms with Gasteiger partial charge in [-0.05, 0) is 40.8 Å². The van der Waals surface area contributed by atoms with Gasteiger partial charge >= 0.3 is 0 Å². The maximum Gasteiger partial charge on any atom is 0.243 e. The van der Waals surface area contributed by atoms with Crippen molar-refractivity contribution in [2.75, 3.05) is 32.8 Å². The minimum absolute atomic E-state index is 0.0344. The number of hydrogen-bond acceptors (Lipinski definition) is 4. The molecule has 2 aliphatic heterocycles. The molecule has 2 aromatic carbocycles. The molecule has 0 bridgehead atoms. The number of fused-ring (bicyclic) bond motifs is 1. The van der Waals surface area contributed by atoms with Crippen LogP contribution in [0.4, 0.5) is 0 Å². The zero-order valence-corrected chi connectivity index (χ0v) is 18.3. The number of rotatable bonds is 5. The van der Waals surface area contributed by atoms with Crippen molar-refractivity contribution in [3.8, 4) is 5.75 Å². The van der Waals surface area contributed by atoms with E-state index < -0.39 is 10.0 Å². The van der Waals surface area contributed by atoms with Gasteiger partial charge in [-0.25, -0.2) is 8.42 Å². The molecule has 0 aliphatic carbocycles. The summed E-state index contributed by atoms with van der Waals surface area (Å²) in [5, 5.41) is 0. The van der Waals surface area contributed by atoms with Gasteiger partial charge in [0, 0.05) is 32.6 Å². The quantitative estimate of drug-likeness (QED) is 0.735. The van der Waals surface area contributed by atoms with Gasteiger partial charge in [-0.15, -0.1) is 0 Å². The second kappa shape index (κ2) is 8.40. The summed E-state index contributed by atoms with van der Waals surface area (Å²) in [6.07, 6.45) is 1.21. The molecule has 7 heteroatoms. The number of hydrogen-bond donors (Lipinski definition) is 0. The second-order valence-electron chi connectivity index (χ2n) is 8.23. The standard InChI is InChI=1S/C23H28N2O4S/c1-17(2)19-4-6-21(7-5-19)30(27,28)25-12-10-24(11-13-25)23(26)16-18-3-8-22-20(15-18)9-14-29-22/h3-8,15,17H,9-14,16H2,1-2H3. The molecule has 6 nitrogen and oxygen atoms in total. The minimum atomic E-state index is -3.54. The van der Waals surface area contributed by atoms with Crippen LogP contribution in [0.1, 0.15) is 36.5 Å². The fraction of sp³-hybridized carbons (Fsp3) is 0.435. The van der Waals surface area contributed by atoms with E-state index in [1.54, 1.807) is 17.0 Å². The average Bonchev–Trinajstić information content (AvgIpc) is 3.22. The highest BCUT2D eigenvalue weighted by molar-refractivity contribution is 7.89. The number of benzene rings is 2. The molecule has 2 aromatic rings. The third-order valence-electron chi connectivity index (χ3n) is 5.89. The van der Waals surface area contributed by atoms with E-state index in [1.165, 1.54) is 4.31 Å². The fourth-order valence-corrected chi connectivity index (χ4v) is 5.41. The Morgan fingerprint density at radius 3 is 2.40 bits per heavy atom.